The predicted octanol–water partition coefficient (Wildman–Crippen LogP) is 4.26. The van der Waals surface area contributed by atoms with E-state index >= 15 is 0 Å². The fraction of sp³-hybridized carbons (Fsp3) is 0.0500. The zero-order valence-electron chi connectivity index (χ0n) is 14.5. The van der Waals surface area contributed by atoms with Crippen LogP contribution in [0.1, 0.15) is 0 Å². The number of nitrogens with one attached hydrogen (secondary N) is 2. The molecule has 0 saturated heterocycles. The van der Waals surface area contributed by atoms with Crippen molar-refractivity contribution in [3.63, 3.8) is 0 Å². The average Bonchev–Trinajstić information content (AvgIpc) is 3.34. The number of carbonyl (C=O) groups excluding carboxylic acids is 1. The van der Waals surface area contributed by atoms with Gasteiger partial charge in [0.1, 0.15) is 11.3 Å². The summed E-state index contributed by atoms with van der Waals surface area (Å²) in [7, 11) is 0. The molecule has 1 aliphatic rings. The van der Waals surface area contributed by atoms with E-state index in [0.29, 0.717) is 40.0 Å². The number of rotatable bonds is 3. The molecule has 0 unspecified atom stereocenters. The smallest absolute Gasteiger partial charge is 0.324 e. The lowest BCUT2D eigenvalue weighted by atomic mass is 10.2. The van der Waals surface area contributed by atoms with Crippen molar-refractivity contribution in [3.05, 3.63) is 60.8 Å². The molecule has 0 aliphatic carbocycles. The lowest BCUT2D eigenvalue weighted by molar-refractivity contribution is 0.174. The number of urea groups is 1. The molecule has 2 aromatic heterocycles. The second-order valence-electron chi connectivity index (χ2n) is 6.06. The highest BCUT2D eigenvalue weighted by molar-refractivity contribution is 5.99. The molecule has 138 valence electrons. The van der Waals surface area contributed by atoms with Gasteiger partial charge in [0, 0.05) is 23.5 Å². The van der Waals surface area contributed by atoms with Gasteiger partial charge in [0.2, 0.25) is 12.7 Å². The minimum atomic E-state index is -0.430. The van der Waals surface area contributed by atoms with Crippen LogP contribution in [0.25, 0.3) is 22.6 Å². The van der Waals surface area contributed by atoms with Gasteiger partial charge in [0.05, 0.1) is 0 Å². The summed E-state index contributed by atoms with van der Waals surface area (Å²) in [5, 5.41) is 5.44. The number of pyridine rings is 1. The summed E-state index contributed by atoms with van der Waals surface area (Å²) in [6.45, 7) is 0.178. The van der Waals surface area contributed by atoms with E-state index in [0.717, 1.165) is 5.52 Å². The topological polar surface area (TPSA) is 98.5 Å². The van der Waals surface area contributed by atoms with Gasteiger partial charge in [-0.1, -0.05) is 12.1 Å². The van der Waals surface area contributed by atoms with Crippen LogP contribution in [0.5, 0.6) is 11.5 Å². The zero-order chi connectivity index (χ0) is 18.9. The minimum absolute atomic E-state index is 0.178. The van der Waals surface area contributed by atoms with E-state index in [1.807, 2.05) is 24.3 Å². The zero-order valence-corrected chi connectivity index (χ0v) is 14.5. The van der Waals surface area contributed by atoms with Crippen molar-refractivity contribution in [3.8, 4) is 23.0 Å². The Labute approximate surface area is 159 Å². The highest BCUT2D eigenvalue weighted by atomic mass is 16.7. The van der Waals surface area contributed by atoms with Crippen molar-refractivity contribution >= 4 is 28.6 Å². The van der Waals surface area contributed by atoms with Gasteiger partial charge in [-0.2, -0.15) is 0 Å². The molecule has 2 N–H and O–H groups in total. The van der Waals surface area contributed by atoms with Gasteiger partial charge in [-0.3, -0.25) is 5.32 Å². The molecule has 2 aromatic carbocycles. The molecule has 8 nitrogen and oxygen atoms in total. The van der Waals surface area contributed by atoms with Gasteiger partial charge < -0.3 is 19.2 Å². The SMILES string of the molecule is O=C(Nc1ccc2c(c1)OCO2)Nc1cc(-c2nc3ccccc3o2)ccn1. The molecular formula is C20H14N4O4. The molecule has 0 bridgehead atoms. The second kappa shape index (κ2) is 6.58. The van der Waals surface area contributed by atoms with E-state index in [2.05, 4.69) is 20.6 Å². The Hall–Kier alpha value is -4.07. The van der Waals surface area contributed by atoms with E-state index < -0.39 is 6.03 Å². The highest BCUT2D eigenvalue weighted by Gasteiger charge is 2.15. The van der Waals surface area contributed by atoms with E-state index in [4.69, 9.17) is 13.9 Å². The number of hydrogen-bond donors (Lipinski definition) is 2. The maximum Gasteiger partial charge on any atom is 0.324 e. The molecule has 0 atom stereocenters. The molecule has 5 rings (SSSR count). The van der Waals surface area contributed by atoms with Crippen LogP contribution >= 0.6 is 0 Å². The molecule has 8 heteroatoms. The number of ether oxygens (including phenoxy) is 2. The summed E-state index contributed by atoms with van der Waals surface area (Å²) in [6, 6.07) is 15.7. The number of fused-ring (bicyclic) bond motifs is 2. The van der Waals surface area contributed by atoms with Crippen LogP contribution in [0.3, 0.4) is 0 Å². The highest BCUT2D eigenvalue weighted by Crippen LogP contribution is 2.34. The Kier molecular flexibility index (Phi) is 3.79. The Morgan fingerprint density at radius 2 is 1.86 bits per heavy atom. The van der Waals surface area contributed by atoms with Crippen LogP contribution in [0.4, 0.5) is 16.3 Å². The molecule has 0 spiro atoms. The maximum atomic E-state index is 12.3. The average molecular weight is 374 g/mol. The van der Waals surface area contributed by atoms with Gasteiger partial charge in [-0.15, -0.1) is 0 Å². The quantitative estimate of drug-likeness (QED) is 0.556. The third-order valence-electron chi connectivity index (χ3n) is 4.17. The van der Waals surface area contributed by atoms with E-state index in [9.17, 15) is 4.79 Å². The number of carbonyl (C=O) groups is 1. The summed E-state index contributed by atoms with van der Waals surface area (Å²) in [6.07, 6.45) is 1.58. The van der Waals surface area contributed by atoms with Gasteiger partial charge in [0.25, 0.3) is 0 Å². The van der Waals surface area contributed by atoms with Crippen LogP contribution in [-0.2, 0) is 0 Å². The Morgan fingerprint density at radius 1 is 0.964 bits per heavy atom. The first-order valence-corrected chi connectivity index (χ1v) is 8.54. The Morgan fingerprint density at radius 3 is 2.79 bits per heavy atom. The van der Waals surface area contributed by atoms with Crippen molar-refractivity contribution < 1.29 is 18.7 Å². The Bertz CT molecular complexity index is 1150. The van der Waals surface area contributed by atoms with E-state index in [-0.39, 0.29) is 6.79 Å². The van der Waals surface area contributed by atoms with Crippen LogP contribution in [0, 0.1) is 0 Å². The number of hydrogen-bond acceptors (Lipinski definition) is 6. The summed E-state index contributed by atoms with van der Waals surface area (Å²) >= 11 is 0. The van der Waals surface area contributed by atoms with Crippen LogP contribution < -0.4 is 20.1 Å². The summed E-state index contributed by atoms with van der Waals surface area (Å²) < 4.78 is 16.3. The Balaban J connectivity index is 1.32. The fourth-order valence-electron chi connectivity index (χ4n) is 2.88. The standard InChI is InChI=1S/C20H14N4O4/c25-20(22-13-5-6-16-17(10-13)27-11-26-16)24-18-9-12(7-8-21-18)19-23-14-3-1-2-4-15(14)28-19/h1-10H,11H2,(H2,21,22,24,25). The number of anilines is 2. The predicted molar refractivity (Wildman–Crippen MR) is 102 cm³/mol. The van der Waals surface area contributed by atoms with Crippen molar-refractivity contribution in [1.29, 1.82) is 0 Å². The first-order chi connectivity index (χ1) is 13.7. The number of oxazole rings is 1. The first-order valence-electron chi connectivity index (χ1n) is 8.54. The molecule has 28 heavy (non-hydrogen) atoms. The van der Waals surface area contributed by atoms with Crippen LogP contribution in [0.15, 0.2) is 65.2 Å². The monoisotopic (exact) mass is 374 g/mol. The molecule has 3 heterocycles. The third-order valence-corrected chi connectivity index (χ3v) is 4.17. The molecular weight excluding hydrogens is 360 g/mol. The number of benzene rings is 2. The van der Waals surface area contributed by atoms with Crippen molar-refractivity contribution in [1.82, 2.24) is 9.97 Å². The lowest BCUT2D eigenvalue weighted by Gasteiger charge is -2.08. The number of para-hydroxylation sites is 2. The molecule has 2 amide bonds. The van der Waals surface area contributed by atoms with Gasteiger partial charge in [-0.25, -0.2) is 14.8 Å². The minimum Gasteiger partial charge on any atom is -0.454 e. The number of amides is 2. The van der Waals surface area contributed by atoms with Gasteiger partial charge in [0.15, 0.2) is 17.1 Å². The molecule has 0 radical (unpaired) electrons. The molecule has 4 aromatic rings. The fourth-order valence-corrected chi connectivity index (χ4v) is 2.88. The third kappa shape index (κ3) is 3.07. The summed E-state index contributed by atoms with van der Waals surface area (Å²) in [4.78, 5) is 20.9. The largest absolute Gasteiger partial charge is 0.454 e. The van der Waals surface area contributed by atoms with E-state index in [1.54, 1.807) is 36.5 Å². The summed E-state index contributed by atoms with van der Waals surface area (Å²) in [5.41, 5.74) is 2.76. The normalized spacial score (nSPS) is 12.1. The molecule has 1 aliphatic heterocycles. The van der Waals surface area contributed by atoms with Crippen molar-refractivity contribution in [2.75, 3.05) is 17.4 Å². The molecule has 0 fully saturated rings. The molecule has 0 saturated carbocycles. The van der Waals surface area contributed by atoms with Crippen LogP contribution in [0.2, 0.25) is 0 Å². The van der Waals surface area contributed by atoms with Crippen LogP contribution in [-0.4, -0.2) is 22.8 Å². The second-order valence-corrected chi connectivity index (χ2v) is 6.06. The number of aromatic nitrogens is 2. The summed E-state index contributed by atoms with van der Waals surface area (Å²) in [5.74, 6) is 2.08. The van der Waals surface area contributed by atoms with Crippen molar-refractivity contribution in [2.24, 2.45) is 0 Å². The van der Waals surface area contributed by atoms with E-state index in [1.165, 1.54) is 0 Å². The van der Waals surface area contributed by atoms with Gasteiger partial charge >= 0.3 is 6.03 Å². The maximum absolute atomic E-state index is 12.3. The number of nitrogens with zero attached hydrogens (tertiary/aromatic N) is 2. The first kappa shape index (κ1) is 16.1. The van der Waals surface area contributed by atoms with Crippen molar-refractivity contribution in [2.45, 2.75) is 0 Å². The van der Waals surface area contributed by atoms with Gasteiger partial charge in [-0.05, 0) is 36.4 Å². The lowest BCUT2D eigenvalue weighted by Crippen LogP contribution is -2.20.